The zero-order chi connectivity index (χ0) is 14.8. The van der Waals surface area contributed by atoms with Crippen LogP contribution in [0.5, 0.6) is 0 Å². The number of anilines is 2. The van der Waals surface area contributed by atoms with Gasteiger partial charge in [0.15, 0.2) is 15.5 Å². The van der Waals surface area contributed by atoms with Crippen molar-refractivity contribution in [1.29, 1.82) is 0 Å². The topological polar surface area (TPSA) is 128 Å². The number of hydrogen-bond donors (Lipinski definition) is 2. The zero-order valence-corrected chi connectivity index (χ0v) is 11.3. The van der Waals surface area contributed by atoms with Crippen molar-refractivity contribution in [2.75, 3.05) is 11.6 Å². The molecular weight excluding hydrogens is 282 g/mol. The van der Waals surface area contributed by atoms with Gasteiger partial charge < -0.3 is 11.1 Å². The van der Waals surface area contributed by atoms with Crippen molar-refractivity contribution in [3.63, 3.8) is 0 Å². The standard InChI is InChI=1S/C11H11N5O3S/c1-20(18,19)7-2-3-9(13-6-7)15-8-4-5-14-16-10(8)11(12)17/h2-6H,1H3,(H2,12,17)(H,13,14,15). The zero-order valence-electron chi connectivity index (χ0n) is 10.4. The smallest absolute Gasteiger partial charge is 0.271 e. The van der Waals surface area contributed by atoms with Gasteiger partial charge in [0, 0.05) is 12.5 Å². The van der Waals surface area contributed by atoms with E-state index < -0.39 is 15.7 Å². The number of carbonyl (C=O) groups excluding carboxylic acids is 1. The molecule has 2 rings (SSSR count). The summed E-state index contributed by atoms with van der Waals surface area (Å²) in [7, 11) is -3.30. The predicted octanol–water partition coefficient (Wildman–Crippen LogP) is 0.118. The van der Waals surface area contributed by atoms with Gasteiger partial charge in [0.2, 0.25) is 0 Å². The molecule has 0 bridgehead atoms. The summed E-state index contributed by atoms with van der Waals surface area (Å²) >= 11 is 0. The van der Waals surface area contributed by atoms with E-state index in [0.29, 0.717) is 11.5 Å². The number of hydrogen-bond acceptors (Lipinski definition) is 7. The van der Waals surface area contributed by atoms with Gasteiger partial charge in [0.25, 0.3) is 5.91 Å². The predicted molar refractivity (Wildman–Crippen MR) is 71.2 cm³/mol. The second-order valence-electron chi connectivity index (χ2n) is 3.93. The Morgan fingerprint density at radius 3 is 2.60 bits per heavy atom. The Labute approximate surface area is 115 Å². The molecule has 0 saturated carbocycles. The van der Waals surface area contributed by atoms with Crippen molar-refractivity contribution in [3.8, 4) is 0 Å². The molecule has 0 aliphatic rings. The van der Waals surface area contributed by atoms with Crippen molar-refractivity contribution in [3.05, 3.63) is 36.3 Å². The molecule has 0 aromatic carbocycles. The highest BCUT2D eigenvalue weighted by molar-refractivity contribution is 7.90. The monoisotopic (exact) mass is 293 g/mol. The van der Waals surface area contributed by atoms with E-state index in [0.717, 1.165) is 6.26 Å². The van der Waals surface area contributed by atoms with Gasteiger partial charge >= 0.3 is 0 Å². The maximum atomic E-state index is 11.3. The van der Waals surface area contributed by atoms with Crippen LogP contribution in [0.2, 0.25) is 0 Å². The molecule has 2 aromatic heterocycles. The number of nitrogens with one attached hydrogen (secondary N) is 1. The lowest BCUT2D eigenvalue weighted by Crippen LogP contribution is -2.16. The molecule has 0 aliphatic carbocycles. The van der Waals surface area contributed by atoms with E-state index in [2.05, 4.69) is 20.5 Å². The third-order valence-electron chi connectivity index (χ3n) is 2.38. The molecule has 1 amide bonds. The second kappa shape index (κ2) is 5.21. The minimum Gasteiger partial charge on any atom is -0.364 e. The first-order valence-corrected chi connectivity index (χ1v) is 7.31. The van der Waals surface area contributed by atoms with Gasteiger partial charge in [-0.15, -0.1) is 5.10 Å². The molecule has 8 nitrogen and oxygen atoms in total. The summed E-state index contributed by atoms with van der Waals surface area (Å²) in [5, 5.41) is 10.0. The summed E-state index contributed by atoms with van der Waals surface area (Å²) in [5.74, 6) is -0.374. The van der Waals surface area contributed by atoms with Crippen LogP contribution in [0.25, 0.3) is 0 Å². The van der Waals surface area contributed by atoms with Gasteiger partial charge in [0.05, 0.1) is 16.8 Å². The first-order chi connectivity index (χ1) is 9.38. The van der Waals surface area contributed by atoms with E-state index in [-0.39, 0.29) is 10.6 Å². The molecule has 0 spiro atoms. The largest absolute Gasteiger partial charge is 0.364 e. The average Bonchev–Trinajstić information content (AvgIpc) is 2.38. The van der Waals surface area contributed by atoms with Crippen LogP contribution in [-0.2, 0) is 9.84 Å². The number of pyridine rings is 1. The van der Waals surface area contributed by atoms with Crippen molar-refractivity contribution >= 4 is 27.2 Å². The van der Waals surface area contributed by atoms with E-state index in [1.54, 1.807) is 0 Å². The second-order valence-corrected chi connectivity index (χ2v) is 5.95. The van der Waals surface area contributed by atoms with Crippen LogP contribution in [0.4, 0.5) is 11.5 Å². The van der Waals surface area contributed by atoms with Gasteiger partial charge in [-0.2, -0.15) is 5.10 Å². The SMILES string of the molecule is CS(=O)(=O)c1ccc(Nc2ccnnc2C(N)=O)nc1. The summed E-state index contributed by atoms with van der Waals surface area (Å²) in [6, 6.07) is 4.39. The van der Waals surface area contributed by atoms with Crippen molar-refractivity contribution < 1.29 is 13.2 Å². The normalized spacial score (nSPS) is 11.1. The highest BCUT2D eigenvalue weighted by atomic mass is 32.2. The molecule has 20 heavy (non-hydrogen) atoms. The van der Waals surface area contributed by atoms with E-state index in [1.165, 1.54) is 30.6 Å². The van der Waals surface area contributed by atoms with Crippen LogP contribution < -0.4 is 11.1 Å². The Morgan fingerprint density at radius 2 is 2.05 bits per heavy atom. The molecule has 104 valence electrons. The van der Waals surface area contributed by atoms with E-state index in [1.807, 2.05) is 0 Å². The third-order valence-corrected chi connectivity index (χ3v) is 3.48. The molecule has 0 aliphatic heterocycles. The Morgan fingerprint density at radius 1 is 1.30 bits per heavy atom. The molecule has 0 radical (unpaired) electrons. The summed E-state index contributed by atoms with van der Waals surface area (Å²) in [6.07, 6.45) is 3.70. The molecular formula is C11H11N5O3S. The molecule has 0 atom stereocenters. The summed E-state index contributed by atoms with van der Waals surface area (Å²) in [5.41, 5.74) is 5.48. The summed E-state index contributed by atoms with van der Waals surface area (Å²) in [4.78, 5) is 15.2. The number of aromatic nitrogens is 3. The number of sulfone groups is 1. The Bertz CT molecular complexity index is 743. The van der Waals surface area contributed by atoms with Crippen molar-refractivity contribution in [2.24, 2.45) is 5.73 Å². The summed E-state index contributed by atoms with van der Waals surface area (Å²) < 4.78 is 22.6. The lowest BCUT2D eigenvalue weighted by molar-refractivity contribution is 0.0995. The Balaban J connectivity index is 2.30. The quantitative estimate of drug-likeness (QED) is 0.819. The number of nitrogens with two attached hydrogens (primary N) is 1. The fourth-order valence-electron chi connectivity index (χ4n) is 1.43. The molecule has 0 saturated heterocycles. The number of nitrogens with zero attached hydrogens (tertiary/aromatic N) is 3. The summed E-state index contributed by atoms with van der Waals surface area (Å²) in [6.45, 7) is 0. The Hall–Kier alpha value is -2.55. The maximum Gasteiger partial charge on any atom is 0.271 e. The fraction of sp³-hybridized carbons (Fsp3) is 0.0909. The molecule has 3 N–H and O–H groups in total. The highest BCUT2D eigenvalue weighted by Crippen LogP contribution is 2.17. The van der Waals surface area contributed by atoms with E-state index >= 15 is 0 Å². The number of rotatable bonds is 4. The molecule has 0 fully saturated rings. The molecule has 2 heterocycles. The van der Waals surface area contributed by atoms with Crippen LogP contribution in [0.3, 0.4) is 0 Å². The van der Waals surface area contributed by atoms with Crippen LogP contribution in [0.1, 0.15) is 10.5 Å². The maximum absolute atomic E-state index is 11.3. The number of amides is 1. The number of primary amides is 1. The average molecular weight is 293 g/mol. The van der Waals surface area contributed by atoms with Gasteiger partial charge in [-0.05, 0) is 18.2 Å². The third kappa shape index (κ3) is 3.06. The minimum absolute atomic E-state index is 0.0264. The van der Waals surface area contributed by atoms with Crippen LogP contribution in [0.15, 0.2) is 35.5 Å². The van der Waals surface area contributed by atoms with Crippen LogP contribution in [-0.4, -0.2) is 35.8 Å². The van der Waals surface area contributed by atoms with Gasteiger partial charge in [-0.3, -0.25) is 4.79 Å². The molecule has 0 unspecified atom stereocenters. The first-order valence-electron chi connectivity index (χ1n) is 5.42. The van der Waals surface area contributed by atoms with Gasteiger partial charge in [-0.1, -0.05) is 0 Å². The molecule has 2 aromatic rings. The van der Waals surface area contributed by atoms with Crippen molar-refractivity contribution in [2.45, 2.75) is 4.90 Å². The van der Waals surface area contributed by atoms with Crippen molar-refractivity contribution in [1.82, 2.24) is 15.2 Å². The number of carbonyl (C=O) groups is 1. The lowest BCUT2D eigenvalue weighted by atomic mass is 10.3. The lowest BCUT2D eigenvalue weighted by Gasteiger charge is -2.07. The minimum atomic E-state index is -3.30. The fourth-order valence-corrected chi connectivity index (χ4v) is 1.99. The first kappa shape index (κ1) is 13.9. The molecule has 9 heteroatoms. The van der Waals surface area contributed by atoms with Crippen LogP contribution in [0, 0.1) is 0 Å². The van der Waals surface area contributed by atoms with Crippen LogP contribution >= 0.6 is 0 Å². The van der Waals surface area contributed by atoms with Gasteiger partial charge in [-0.25, -0.2) is 13.4 Å². The van der Waals surface area contributed by atoms with E-state index in [9.17, 15) is 13.2 Å². The Kier molecular flexibility index (Phi) is 3.61. The van der Waals surface area contributed by atoms with Gasteiger partial charge in [0.1, 0.15) is 5.82 Å². The van der Waals surface area contributed by atoms with E-state index in [4.69, 9.17) is 5.73 Å². The highest BCUT2D eigenvalue weighted by Gasteiger charge is 2.11.